The van der Waals surface area contributed by atoms with E-state index in [0.29, 0.717) is 19.6 Å². The highest BCUT2D eigenvalue weighted by Gasteiger charge is 2.28. The second-order valence-electron chi connectivity index (χ2n) is 3.32. The fourth-order valence-electron chi connectivity index (χ4n) is 1.56. The van der Waals surface area contributed by atoms with Crippen LogP contribution in [0.3, 0.4) is 0 Å². The minimum Gasteiger partial charge on any atom is -0.481 e. The van der Waals surface area contributed by atoms with Crippen molar-refractivity contribution in [3.8, 4) is 0 Å². The summed E-state index contributed by atoms with van der Waals surface area (Å²) in [4.78, 5) is 23.4. The van der Waals surface area contributed by atoms with E-state index in [9.17, 15) is 9.59 Å². The minimum atomic E-state index is -0.834. The van der Waals surface area contributed by atoms with E-state index in [-0.39, 0.29) is 6.54 Å². The zero-order chi connectivity index (χ0) is 10.6. The van der Waals surface area contributed by atoms with Crippen LogP contribution >= 0.6 is 0 Å². The van der Waals surface area contributed by atoms with Crippen molar-refractivity contribution in [3.05, 3.63) is 0 Å². The van der Waals surface area contributed by atoms with Crippen molar-refractivity contribution in [2.75, 3.05) is 19.7 Å². The highest BCUT2D eigenvalue weighted by Crippen LogP contribution is 2.17. The van der Waals surface area contributed by atoms with Gasteiger partial charge in [0.15, 0.2) is 0 Å². The van der Waals surface area contributed by atoms with Gasteiger partial charge in [0.2, 0.25) is 0 Å². The van der Waals surface area contributed by atoms with Crippen molar-refractivity contribution in [1.82, 2.24) is 4.90 Å². The van der Waals surface area contributed by atoms with Crippen molar-refractivity contribution in [2.24, 2.45) is 5.92 Å². The Balaban J connectivity index is 2.47. The van der Waals surface area contributed by atoms with E-state index < -0.39 is 18.0 Å². The molecule has 0 radical (unpaired) electrons. The van der Waals surface area contributed by atoms with Gasteiger partial charge in [-0.05, 0) is 19.8 Å². The molecule has 1 unspecified atom stereocenters. The number of rotatable bonds is 2. The van der Waals surface area contributed by atoms with E-state index in [4.69, 9.17) is 9.84 Å². The van der Waals surface area contributed by atoms with Crippen LogP contribution in [0.15, 0.2) is 0 Å². The molecule has 5 nitrogen and oxygen atoms in total. The molecule has 1 saturated heterocycles. The molecule has 80 valence electrons. The van der Waals surface area contributed by atoms with Crippen LogP contribution < -0.4 is 0 Å². The number of carboxylic acids is 1. The Morgan fingerprint density at radius 2 is 2.29 bits per heavy atom. The van der Waals surface area contributed by atoms with Crippen molar-refractivity contribution in [1.29, 1.82) is 0 Å². The third kappa shape index (κ3) is 2.61. The number of carboxylic acid groups (broad SMARTS) is 1. The normalized spacial score (nSPS) is 21.8. The number of piperidine rings is 1. The highest BCUT2D eigenvalue weighted by atomic mass is 16.6. The van der Waals surface area contributed by atoms with Gasteiger partial charge >= 0.3 is 12.1 Å². The zero-order valence-corrected chi connectivity index (χ0v) is 8.23. The molecule has 5 heteroatoms. The van der Waals surface area contributed by atoms with Crippen molar-refractivity contribution >= 4 is 12.1 Å². The molecule has 1 fully saturated rings. The zero-order valence-electron chi connectivity index (χ0n) is 8.23. The Bertz CT molecular complexity index is 229. The Hall–Kier alpha value is -1.26. The molecule has 0 aliphatic carbocycles. The van der Waals surface area contributed by atoms with E-state index in [2.05, 4.69) is 0 Å². The number of hydrogen-bond donors (Lipinski definition) is 1. The lowest BCUT2D eigenvalue weighted by Crippen LogP contribution is -2.42. The summed E-state index contributed by atoms with van der Waals surface area (Å²) in [7, 11) is 0. The summed E-state index contributed by atoms with van der Waals surface area (Å²) in [6.45, 7) is 2.93. The van der Waals surface area contributed by atoms with Crippen LogP contribution in [-0.4, -0.2) is 41.8 Å². The Labute approximate surface area is 82.6 Å². The first-order valence-electron chi connectivity index (χ1n) is 4.79. The molecule has 1 atom stereocenters. The van der Waals surface area contributed by atoms with Gasteiger partial charge in [-0.3, -0.25) is 4.79 Å². The number of aliphatic carboxylic acids is 1. The Morgan fingerprint density at radius 1 is 1.57 bits per heavy atom. The molecule has 0 bridgehead atoms. The maximum Gasteiger partial charge on any atom is 0.409 e. The van der Waals surface area contributed by atoms with E-state index in [1.165, 1.54) is 4.90 Å². The Morgan fingerprint density at radius 3 is 2.86 bits per heavy atom. The predicted octanol–water partition coefficient (Wildman–Crippen LogP) is 0.940. The molecule has 1 aliphatic rings. The molecule has 14 heavy (non-hydrogen) atoms. The average Bonchev–Trinajstić information content (AvgIpc) is 2.18. The van der Waals surface area contributed by atoms with E-state index in [1.54, 1.807) is 6.92 Å². The number of likely N-dealkylation sites (tertiary alicyclic amines) is 1. The Kier molecular flexibility index (Phi) is 3.73. The predicted molar refractivity (Wildman–Crippen MR) is 49.0 cm³/mol. The van der Waals surface area contributed by atoms with E-state index in [0.717, 1.165) is 6.42 Å². The molecule has 1 aliphatic heterocycles. The summed E-state index contributed by atoms with van der Waals surface area (Å²) in [6.07, 6.45) is 0.972. The largest absolute Gasteiger partial charge is 0.481 e. The third-order valence-corrected chi connectivity index (χ3v) is 2.30. The van der Waals surface area contributed by atoms with Crippen molar-refractivity contribution in [3.63, 3.8) is 0 Å². The maximum absolute atomic E-state index is 11.3. The van der Waals surface area contributed by atoms with Crippen LogP contribution in [0, 0.1) is 5.92 Å². The van der Waals surface area contributed by atoms with Crippen LogP contribution in [0.2, 0.25) is 0 Å². The molecule has 1 heterocycles. The van der Waals surface area contributed by atoms with Crippen LogP contribution in [0.4, 0.5) is 4.79 Å². The molecule has 0 saturated carbocycles. The standard InChI is InChI=1S/C9H15NO4/c1-2-14-9(13)10-5-3-4-7(6-10)8(11)12/h7H,2-6H2,1H3,(H,11,12). The molecule has 0 aromatic heterocycles. The van der Waals surface area contributed by atoms with Gasteiger partial charge in [-0.1, -0.05) is 0 Å². The number of amides is 1. The van der Waals surface area contributed by atoms with Gasteiger partial charge in [0.25, 0.3) is 0 Å². The van der Waals surface area contributed by atoms with Gasteiger partial charge in [-0.2, -0.15) is 0 Å². The van der Waals surface area contributed by atoms with Crippen molar-refractivity contribution in [2.45, 2.75) is 19.8 Å². The minimum absolute atomic E-state index is 0.272. The summed E-state index contributed by atoms with van der Waals surface area (Å²) < 4.78 is 4.80. The second kappa shape index (κ2) is 4.83. The molecular formula is C9H15NO4. The molecule has 0 aromatic carbocycles. The molecular weight excluding hydrogens is 186 g/mol. The fourth-order valence-corrected chi connectivity index (χ4v) is 1.56. The first-order chi connectivity index (χ1) is 6.65. The fraction of sp³-hybridized carbons (Fsp3) is 0.778. The smallest absolute Gasteiger partial charge is 0.409 e. The quantitative estimate of drug-likeness (QED) is 0.722. The van der Waals surface area contributed by atoms with Gasteiger partial charge in [0, 0.05) is 13.1 Å². The summed E-state index contributed by atoms with van der Waals surface area (Å²) in [5.41, 5.74) is 0. The summed E-state index contributed by atoms with van der Waals surface area (Å²) in [6, 6.07) is 0. The number of ether oxygens (including phenoxy) is 1. The van der Waals surface area contributed by atoms with Crippen molar-refractivity contribution < 1.29 is 19.4 Å². The number of nitrogens with zero attached hydrogens (tertiary/aromatic N) is 1. The molecule has 0 aromatic rings. The maximum atomic E-state index is 11.3. The molecule has 0 spiro atoms. The lowest BCUT2D eigenvalue weighted by molar-refractivity contribution is -0.143. The van der Waals surface area contributed by atoms with Crippen LogP contribution in [0.25, 0.3) is 0 Å². The summed E-state index contributed by atoms with van der Waals surface area (Å²) in [5.74, 6) is -1.27. The highest BCUT2D eigenvalue weighted by molar-refractivity contribution is 5.73. The first kappa shape index (κ1) is 10.8. The van der Waals surface area contributed by atoms with Crippen LogP contribution in [-0.2, 0) is 9.53 Å². The number of carbonyl (C=O) groups is 2. The van der Waals surface area contributed by atoms with Crippen LogP contribution in [0.1, 0.15) is 19.8 Å². The van der Waals surface area contributed by atoms with E-state index in [1.807, 2.05) is 0 Å². The number of carbonyl (C=O) groups excluding carboxylic acids is 1. The van der Waals surface area contributed by atoms with E-state index >= 15 is 0 Å². The third-order valence-electron chi connectivity index (χ3n) is 2.30. The monoisotopic (exact) mass is 201 g/mol. The van der Waals surface area contributed by atoms with Gasteiger partial charge < -0.3 is 14.7 Å². The first-order valence-corrected chi connectivity index (χ1v) is 4.79. The van der Waals surface area contributed by atoms with Gasteiger partial charge in [-0.25, -0.2) is 4.79 Å². The molecule has 1 rings (SSSR count). The SMILES string of the molecule is CCOC(=O)N1CCCC(C(=O)O)C1. The number of hydrogen-bond acceptors (Lipinski definition) is 3. The van der Waals surface area contributed by atoms with Crippen LogP contribution in [0.5, 0.6) is 0 Å². The second-order valence-corrected chi connectivity index (χ2v) is 3.32. The average molecular weight is 201 g/mol. The van der Waals surface area contributed by atoms with Gasteiger partial charge in [0.1, 0.15) is 0 Å². The lowest BCUT2D eigenvalue weighted by Gasteiger charge is -2.29. The lowest BCUT2D eigenvalue weighted by atomic mass is 9.99. The summed E-state index contributed by atoms with van der Waals surface area (Å²) >= 11 is 0. The summed E-state index contributed by atoms with van der Waals surface area (Å²) in [5, 5.41) is 8.79. The van der Waals surface area contributed by atoms with Gasteiger partial charge in [-0.15, -0.1) is 0 Å². The molecule has 1 N–H and O–H groups in total. The van der Waals surface area contributed by atoms with Gasteiger partial charge in [0.05, 0.1) is 12.5 Å². The molecule has 1 amide bonds. The topological polar surface area (TPSA) is 66.8 Å².